The first-order valence-electron chi connectivity index (χ1n) is 5.12. The van der Waals surface area contributed by atoms with E-state index in [9.17, 15) is 0 Å². The van der Waals surface area contributed by atoms with E-state index in [-0.39, 0.29) is 0 Å². The van der Waals surface area contributed by atoms with Gasteiger partial charge < -0.3 is 4.57 Å². The average Bonchev–Trinajstić information content (AvgIpc) is 2.95. The van der Waals surface area contributed by atoms with Crippen molar-refractivity contribution in [2.24, 2.45) is 0 Å². The Balaban J connectivity index is 2.02. The SMILES string of the molecule is Brc1cc(C2CC2)ccc1-n1ccnc1. The average molecular weight is 263 g/mol. The smallest absolute Gasteiger partial charge is 0.0992 e. The van der Waals surface area contributed by atoms with E-state index in [4.69, 9.17) is 0 Å². The molecule has 76 valence electrons. The Labute approximate surface area is 97.1 Å². The second-order valence-electron chi connectivity index (χ2n) is 3.96. The molecule has 0 atom stereocenters. The van der Waals surface area contributed by atoms with Gasteiger partial charge in [-0.25, -0.2) is 4.98 Å². The number of aromatic nitrogens is 2. The molecule has 1 saturated carbocycles. The van der Waals surface area contributed by atoms with E-state index in [2.05, 4.69) is 39.1 Å². The minimum atomic E-state index is 0.804. The highest BCUT2D eigenvalue weighted by Gasteiger charge is 2.23. The number of benzene rings is 1. The van der Waals surface area contributed by atoms with Crippen LogP contribution in [0.2, 0.25) is 0 Å². The van der Waals surface area contributed by atoms with Crippen molar-refractivity contribution in [2.75, 3.05) is 0 Å². The van der Waals surface area contributed by atoms with E-state index < -0.39 is 0 Å². The molecule has 2 nitrogen and oxygen atoms in total. The van der Waals surface area contributed by atoms with Crippen molar-refractivity contribution in [2.45, 2.75) is 18.8 Å². The largest absolute Gasteiger partial charge is 0.305 e. The first-order chi connectivity index (χ1) is 7.34. The van der Waals surface area contributed by atoms with E-state index in [1.807, 2.05) is 17.1 Å². The maximum atomic E-state index is 4.05. The summed E-state index contributed by atoms with van der Waals surface area (Å²) >= 11 is 3.62. The highest BCUT2D eigenvalue weighted by Crippen LogP contribution is 2.41. The van der Waals surface area contributed by atoms with Crippen LogP contribution in [0.3, 0.4) is 0 Å². The van der Waals surface area contributed by atoms with Crippen molar-refractivity contribution in [1.29, 1.82) is 0 Å². The Hall–Kier alpha value is -1.09. The fourth-order valence-electron chi connectivity index (χ4n) is 1.80. The molecular formula is C12H11BrN2. The van der Waals surface area contributed by atoms with Crippen LogP contribution in [0.15, 0.2) is 41.4 Å². The van der Waals surface area contributed by atoms with Crippen LogP contribution in [-0.2, 0) is 0 Å². The van der Waals surface area contributed by atoms with Crippen molar-refractivity contribution in [1.82, 2.24) is 9.55 Å². The lowest BCUT2D eigenvalue weighted by Crippen LogP contribution is -1.92. The summed E-state index contributed by atoms with van der Waals surface area (Å²) in [5.74, 6) is 0.804. The Morgan fingerprint density at radius 3 is 2.80 bits per heavy atom. The van der Waals surface area contributed by atoms with Crippen molar-refractivity contribution >= 4 is 15.9 Å². The molecule has 0 unspecified atom stereocenters. The first kappa shape index (κ1) is 9.16. The van der Waals surface area contributed by atoms with Crippen LogP contribution in [0.5, 0.6) is 0 Å². The lowest BCUT2D eigenvalue weighted by Gasteiger charge is -2.07. The van der Waals surface area contributed by atoms with Crippen LogP contribution in [0, 0.1) is 0 Å². The minimum absolute atomic E-state index is 0.804. The van der Waals surface area contributed by atoms with E-state index in [0.717, 1.165) is 16.1 Å². The zero-order valence-corrected chi connectivity index (χ0v) is 9.81. The van der Waals surface area contributed by atoms with Gasteiger partial charge in [0.1, 0.15) is 0 Å². The molecule has 0 aliphatic heterocycles. The number of hydrogen-bond donors (Lipinski definition) is 0. The standard InChI is InChI=1S/C12H11BrN2/c13-11-7-10(9-1-2-9)3-4-12(11)15-6-5-14-8-15/h3-9H,1-2H2. The van der Waals surface area contributed by atoms with Gasteiger partial charge >= 0.3 is 0 Å². The lowest BCUT2D eigenvalue weighted by atomic mass is 10.1. The molecule has 0 bridgehead atoms. The molecule has 3 rings (SSSR count). The van der Waals surface area contributed by atoms with Gasteiger partial charge in [0.05, 0.1) is 12.0 Å². The first-order valence-corrected chi connectivity index (χ1v) is 5.91. The molecule has 1 heterocycles. The third-order valence-electron chi connectivity index (χ3n) is 2.80. The molecular weight excluding hydrogens is 252 g/mol. The summed E-state index contributed by atoms with van der Waals surface area (Å²) in [6.07, 6.45) is 8.25. The number of nitrogens with zero attached hydrogens (tertiary/aromatic N) is 2. The highest BCUT2D eigenvalue weighted by molar-refractivity contribution is 9.10. The molecule has 0 saturated heterocycles. The van der Waals surface area contributed by atoms with E-state index in [1.165, 1.54) is 18.4 Å². The molecule has 0 N–H and O–H groups in total. The van der Waals surface area contributed by atoms with Gasteiger partial charge in [0.2, 0.25) is 0 Å². The summed E-state index contributed by atoms with van der Waals surface area (Å²) in [5.41, 5.74) is 2.60. The fourth-order valence-corrected chi connectivity index (χ4v) is 2.41. The van der Waals surface area contributed by atoms with E-state index in [0.29, 0.717) is 0 Å². The van der Waals surface area contributed by atoms with Gasteiger partial charge in [-0.3, -0.25) is 0 Å². The van der Waals surface area contributed by atoms with Crippen LogP contribution >= 0.6 is 15.9 Å². The molecule has 0 radical (unpaired) electrons. The Kier molecular flexibility index (Phi) is 2.13. The number of rotatable bonds is 2. The van der Waals surface area contributed by atoms with Crippen molar-refractivity contribution < 1.29 is 0 Å². The van der Waals surface area contributed by atoms with Crippen LogP contribution < -0.4 is 0 Å². The summed E-state index contributed by atoms with van der Waals surface area (Å²) in [6.45, 7) is 0. The van der Waals surface area contributed by atoms with Crippen molar-refractivity contribution in [3.05, 3.63) is 47.0 Å². The van der Waals surface area contributed by atoms with Gasteiger partial charge in [-0.1, -0.05) is 6.07 Å². The predicted molar refractivity (Wildman–Crippen MR) is 63.2 cm³/mol. The lowest BCUT2D eigenvalue weighted by molar-refractivity contribution is 1.04. The van der Waals surface area contributed by atoms with Gasteiger partial charge in [0.15, 0.2) is 0 Å². The molecule has 0 spiro atoms. The summed E-state index contributed by atoms with van der Waals surface area (Å²) in [4.78, 5) is 4.05. The van der Waals surface area contributed by atoms with Crippen molar-refractivity contribution in [3.8, 4) is 5.69 Å². The third-order valence-corrected chi connectivity index (χ3v) is 3.44. The second-order valence-corrected chi connectivity index (χ2v) is 4.81. The summed E-state index contributed by atoms with van der Waals surface area (Å²) < 4.78 is 3.16. The van der Waals surface area contributed by atoms with Crippen LogP contribution in [-0.4, -0.2) is 9.55 Å². The minimum Gasteiger partial charge on any atom is -0.305 e. The molecule has 1 fully saturated rings. The highest BCUT2D eigenvalue weighted by atomic mass is 79.9. The summed E-state index contributed by atoms with van der Waals surface area (Å²) in [5, 5.41) is 0. The van der Waals surface area contributed by atoms with Crippen LogP contribution in [0.4, 0.5) is 0 Å². The maximum absolute atomic E-state index is 4.05. The number of imidazole rings is 1. The fraction of sp³-hybridized carbons (Fsp3) is 0.250. The Morgan fingerprint density at radius 2 is 2.20 bits per heavy atom. The van der Waals surface area contributed by atoms with Crippen LogP contribution in [0.1, 0.15) is 24.3 Å². The Bertz CT molecular complexity index is 472. The summed E-state index contributed by atoms with van der Waals surface area (Å²) in [7, 11) is 0. The molecule has 3 heteroatoms. The van der Waals surface area contributed by atoms with Crippen molar-refractivity contribution in [3.63, 3.8) is 0 Å². The van der Waals surface area contributed by atoms with Gasteiger partial charge in [-0.15, -0.1) is 0 Å². The molecule has 2 aromatic rings. The third kappa shape index (κ3) is 1.72. The topological polar surface area (TPSA) is 17.8 Å². The molecule has 15 heavy (non-hydrogen) atoms. The number of hydrogen-bond acceptors (Lipinski definition) is 1. The second kappa shape index (κ2) is 3.49. The molecule has 1 aromatic carbocycles. The maximum Gasteiger partial charge on any atom is 0.0992 e. The molecule has 0 amide bonds. The van der Waals surface area contributed by atoms with Gasteiger partial charge in [-0.2, -0.15) is 0 Å². The monoisotopic (exact) mass is 262 g/mol. The summed E-state index contributed by atoms with van der Waals surface area (Å²) in [6, 6.07) is 6.60. The van der Waals surface area contributed by atoms with Gasteiger partial charge in [-0.05, 0) is 52.4 Å². The Morgan fingerprint density at radius 1 is 1.33 bits per heavy atom. The normalized spacial score (nSPS) is 15.5. The van der Waals surface area contributed by atoms with Gasteiger partial charge in [0, 0.05) is 16.9 Å². The van der Waals surface area contributed by atoms with Crippen LogP contribution in [0.25, 0.3) is 5.69 Å². The predicted octanol–water partition coefficient (Wildman–Crippen LogP) is 3.51. The molecule has 1 aliphatic carbocycles. The quantitative estimate of drug-likeness (QED) is 0.810. The zero-order chi connectivity index (χ0) is 10.3. The van der Waals surface area contributed by atoms with E-state index >= 15 is 0 Å². The van der Waals surface area contributed by atoms with E-state index in [1.54, 1.807) is 6.20 Å². The zero-order valence-electron chi connectivity index (χ0n) is 8.23. The number of halogens is 1. The van der Waals surface area contributed by atoms with Gasteiger partial charge in [0.25, 0.3) is 0 Å². The molecule has 1 aromatic heterocycles. The molecule has 1 aliphatic rings.